The summed E-state index contributed by atoms with van der Waals surface area (Å²) in [5.41, 5.74) is 2.67. The van der Waals surface area contributed by atoms with Crippen molar-refractivity contribution in [2.45, 2.75) is 33.0 Å². The molecule has 8 nitrogen and oxygen atoms in total. The first-order valence-corrected chi connectivity index (χ1v) is 17.9. The van der Waals surface area contributed by atoms with E-state index in [-0.39, 0.29) is 71.1 Å². The highest BCUT2D eigenvalue weighted by atomic mass is 19.1. The lowest BCUT2D eigenvalue weighted by Crippen LogP contribution is -2.08. The number of hydrogen-bond donors (Lipinski definition) is 1. The Morgan fingerprint density at radius 3 is 1.28 bits per heavy atom. The van der Waals surface area contributed by atoms with Crippen LogP contribution in [0.4, 0.5) is 26.3 Å². The van der Waals surface area contributed by atoms with E-state index < -0.39 is 53.3 Å². The molecule has 0 saturated heterocycles. The minimum absolute atomic E-state index is 0.0381. The Hall–Kier alpha value is -7.58. The molecule has 0 aliphatic rings. The Labute approximate surface area is 340 Å². The molecule has 0 bridgehead atoms. The van der Waals surface area contributed by atoms with Crippen LogP contribution in [-0.4, -0.2) is 23.7 Å². The smallest absolute Gasteiger partial charge is 0.310 e. The number of rotatable bonds is 13. The Balaban J connectivity index is 0.000000228. The first-order chi connectivity index (χ1) is 28.8. The van der Waals surface area contributed by atoms with Crippen LogP contribution < -0.4 is 9.47 Å². The molecule has 0 spiro atoms. The maximum atomic E-state index is 14.4. The van der Waals surface area contributed by atoms with Gasteiger partial charge in [0.2, 0.25) is 0 Å². The van der Waals surface area contributed by atoms with Crippen molar-refractivity contribution in [2.75, 3.05) is 6.61 Å². The average molecular weight is 823 g/mol. The Morgan fingerprint density at radius 2 is 0.900 bits per heavy atom. The van der Waals surface area contributed by atoms with E-state index in [4.69, 9.17) is 29.8 Å². The van der Waals surface area contributed by atoms with Crippen LogP contribution in [0.3, 0.4) is 0 Å². The minimum Gasteiger partial charge on any atom is -0.486 e. The van der Waals surface area contributed by atoms with Crippen LogP contribution >= 0.6 is 0 Å². The van der Waals surface area contributed by atoms with E-state index in [1.165, 1.54) is 78.9 Å². The van der Waals surface area contributed by atoms with Crippen LogP contribution in [-0.2, 0) is 40.4 Å². The predicted octanol–water partition coefficient (Wildman–Crippen LogP) is 10.2. The first kappa shape index (κ1) is 43.5. The third kappa shape index (κ3) is 11.5. The molecule has 0 saturated carbocycles. The molecule has 0 atom stereocenters. The quantitative estimate of drug-likeness (QED) is 0.0900. The molecule has 0 unspecified atom stereocenters. The van der Waals surface area contributed by atoms with E-state index in [0.29, 0.717) is 22.3 Å². The van der Waals surface area contributed by atoms with E-state index in [1.54, 1.807) is 13.0 Å². The molecule has 14 heteroatoms. The van der Waals surface area contributed by atoms with Crippen molar-refractivity contribution in [3.8, 4) is 45.9 Å². The van der Waals surface area contributed by atoms with E-state index in [9.17, 15) is 35.9 Å². The molecule has 6 aromatic rings. The fourth-order valence-electron chi connectivity index (χ4n) is 5.64. The number of carbonyl (C=O) groups is 2. The van der Waals surface area contributed by atoms with Crippen molar-refractivity contribution in [2.24, 2.45) is 0 Å². The molecule has 304 valence electrons. The van der Waals surface area contributed by atoms with E-state index in [0.717, 1.165) is 24.3 Å². The van der Waals surface area contributed by atoms with E-state index >= 15 is 0 Å². The number of nitrogens with zero attached hydrogens (tertiary/aromatic N) is 2. The van der Waals surface area contributed by atoms with Gasteiger partial charge in [0, 0.05) is 11.1 Å². The fourth-order valence-corrected chi connectivity index (χ4v) is 5.64. The number of esters is 1. The second-order valence-corrected chi connectivity index (χ2v) is 12.9. The molecule has 60 heavy (non-hydrogen) atoms. The van der Waals surface area contributed by atoms with Gasteiger partial charge >= 0.3 is 11.9 Å². The van der Waals surface area contributed by atoms with Crippen LogP contribution in [0.15, 0.2) is 109 Å². The van der Waals surface area contributed by atoms with Crippen molar-refractivity contribution in [3.63, 3.8) is 0 Å². The molecule has 0 aliphatic carbocycles. The summed E-state index contributed by atoms with van der Waals surface area (Å²) in [6.07, 6.45) is -0.631. The highest BCUT2D eigenvalue weighted by Crippen LogP contribution is 2.30. The number of hydrogen-bond acceptors (Lipinski definition) is 7. The number of carboxylic acids is 1. The van der Waals surface area contributed by atoms with Gasteiger partial charge in [0.1, 0.15) is 36.5 Å². The number of carboxylic acid groups (broad SMARTS) is 1. The monoisotopic (exact) mass is 822 g/mol. The summed E-state index contributed by atoms with van der Waals surface area (Å²) in [6.45, 7) is 1.37. The molecule has 0 fully saturated rings. The van der Waals surface area contributed by atoms with Crippen molar-refractivity contribution >= 4 is 11.9 Å². The minimum atomic E-state index is -1.15. The number of halogens is 6. The Kier molecular flexibility index (Phi) is 14.7. The van der Waals surface area contributed by atoms with E-state index in [2.05, 4.69) is 0 Å². The standard InChI is InChI=1S/C24H18F3NO3.C22H14F3NO3/c1-2-30-24(29)12-18-6-5-16(10-22(18)27)17-7-8-20(25)23(11-17)31-14-19-4-3-15(13-28)9-21(19)26;23-18-6-5-15(14-3-4-16(10-22(27)28)20(25)8-14)9-21(18)29-12-17-2-1-13(11-26)7-19(17)24/h3-11H,2,12,14H2,1H3;1-9H,10,12H2,(H,27,28). The summed E-state index contributed by atoms with van der Waals surface area (Å²) in [5.74, 6) is -5.83. The number of benzene rings is 6. The van der Waals surface area contributed by atoms with Gasteiger partial charge in [-0.1, -0.05) is 48.5 Å². The molecule has 6 aromatic carbocycles. The van der Waals surface area contributed by atoms with Crippen molar-refractivity contribution < 1.29 is 55.2 Å². The topological polar surface area (TPSA) is 130 Å². The lowest BCUT2D eigenvalue weighted by atomic mass is 10.0. The molecular weight excluding hydrogens is 791 g/mol. The molecule has 1 N–H and O–H groups in total. The summed E-state index contributed by atoms with van der Waals surface area (Å²) in [7, 11) is 0. The van der Waals surface area contributed by atoms with Crippen molar-refractivity contribution in [3.05, 3.63) is 177 Å². The maximum absolute atomic E-state index is 14.4. The highest BCUT2D eigenvalue weighted by molar-refractivity contribution is 5.74. The number of carbonyl (C=O) groups excluding carboxylic acids is 1. The largest absolute Gasteiger partial charge is 0.486 e. The zero-order chi connectivity index (χ0) is 43.3. The van der Waals surface area contributed by atoms with E-state index in [1.807, 2.05) is 12.1 Å². The Bertz CT molecular complexity index is 2640. The van der Waals surface area contributed by atoms with Gasteiger partial charge in [0.15, 0.2) is 23.1 Å². The third-order valence-corrected chi connectivity index (χ3v) is 8.75. The predicted molar refractivity (Wildman–Crippen MR) is 206 cm³/mol. The molecule has 0 aromatic heterocycles. The van der Waals surface area contributed by atoms with Crippen LogP contribution in [0.2, 0.25) is 0 Å². The Morgan fingerprint density at radius 1 is 0.517 bits per heavy atom. The molecule has 0 radical (unpaired) electrons. The lowest BCUT2D eigenvalue weighted by Gasteiger charge is -2.11. The van der Waals surface area contributed by atoms with Crippen LogP contribution in [0, 0.1) is 57.6 Å². The summed E-state index contributed by atoms with van der Waals surface area (Å²) >= 11 is 0. The third-order valence-electron chi connectivity index (χ3n) is 8.75. The zero-order valence-corrected chi connectivity index (χ0v) is 31.6. The van der Waals surface area contributed by atoms with Gasteiger partial charge in [-0.2, -0.15) is 10.5 Å². The summed E-state index contributed by atoms with van der Waals surface area (Å²) in [4.78, 5) is 22.3. The lowest BCUT2D eigenvalue weighted by molar-refractivity contribution is -0.142. The van der Waals surface area contributed by atoms with Gasteiger partial charge in [0.25, 0.3) is 0 Å². The number of aliphatic carboxylic acids is 1. The molecular formula is C46H32F6N2O6. The highest BCUT2D eigenvalue weighted by Gasteiger charge is 2.15. The van der Waals surface area contributed by atoms with Gasteiger partial charge in [-0.05, 0) is 101 Å². The van der Waals surface area contributed by atoms with Crippen molar-refractivity contribution in [1.29, 1.82) is 10.5 Å². The van der Waals surface area contributed by atoms with Gasteiger partial charge in [-0.15, -0.1) is 0 Å². The SMILES string of the molecule is CCOC(=O)Cc1ccc(-c2ccc(F)c(OCc3ccc(C#N)cc3F)c2)cc1F.N#Cc1ccc(COc2cc(-c3ccc(CC(=O)O)c(F)c3)ccc2F)c(F)c1. The summed E-state index contributed by atoms with van der Waals surface area (Å²) in [5, 5.41) is 26.3. The average Bonchev–Trinajstić information content (AvgIpc) is 3.22. The second kappa shape index (κ2) is 20.2. The van der Waals surface area contributed by atoms with Crippen LogP contribution in [0.5, 0.6) is 11.5 Å². The fraction of sp³-hybridized carbons (Fsp3) is 0.130. The van der Waals surface area contributed by atoms with Crippen LogP contribution in [0.1, 0.15) is 40.3 Å². The number of ether oxygens (including phenoxy) is 3. The van der Waals surface area contributed by atoms with Crippen LogP contribution in [0.25, 0.3) is 22.3 Å². The molecule has 0 aliphatic heterocycles. The molecule has 0 heterocycles. The zero-order valence-electron chi connectivity index (χ0n) is 31.6. The van der Waals surface area contributed by atoms with Gasteiger partial charge < -0.3 is 19.3 Å². The normalized spacial score (nSPS) is 10.4. The number of nitriles is 2. The first-order valence-electron chi connectivity index (χ1n) is 17.9. The molecule has 6 rings (SSSR count). The summed E-state index contributed by atoms with van der Waals surface area (Å²) in [6, 6.07) is 27.7. The van der Waals surface area contributed by atoms with Gasteiger partial charge in [-0.3, -0.25) is 9.59 Å². The van der Waals surface area contributed by atoms with Crippen molar-refractivity contribution in [1.82, 2.24) is 0 Å². The second-order valence-electron chi connectivity index (χ2n) is 12.9. The van der Waals surface area contributed by atoms with Gasteiger partial charge in [0.05, 0.1) is 42.7 Å². The summed E-state index contributed by atoms with van der Waals surface area (Å²) < 4.78 is 100. The molecule has 0 amide bonds. The maximum Gasteiger partial charge on any atom is 0.310 e. The van der Waals surface area contributed by atoms with Gasteiger partial charge in [-0.25, -0.2) is 26.3 Å².